The summed E-state index contributed by atoms with van der Waals surface area (Å²) in [5.74, 6) is 5.18. The monoisotopic (exact) mass is 294 g/mol. The molecule has 1 aromatic rings. The third kappa shape index (κ3) is 5.87. The highest BCUT2D eigenvalue weighted by molar-refractivity contribution is 7.14. The summed E-state index contributed by atoms with van der Waals surface area (Å²) in [4.78, 5) is 24.4. The van der Waals surface area contributed by atoms with Crippen LogP contribution in [0.5, 0.6) is 0 Å². The number of rotatable bonds is 6. The van der Waals surface area contributed by atoms with Crippen LogP contribution in [0, 0.1) is 11.8 Å². The van der Waals surface area contributed by atoms with Crippen LogP contribution < -0.4 is 10.6 Å². The van der Waals surface area contributed by atoms with Crippen LogP contribution in [0.3, 0.4) is 0 Å². The van der Waals surface area contributed by atoms with Crippen LogP contribution in [0.4, 0.5) is 0 Å². The van der Waals surface area contributed by atoms with Gasteiger partial charge in [-0.1, -0.05) is 18.8 Å². The minimum absolute atomic E-state index is 0.0255. The van der Waals surface area contributed by atoms with E-state index in [9.17, 15) is 9.59 Å². The Morgan fingerprint density at radius 3 is 2.85 bits per heavy atom. The Balaban J connectivity index is 2.44. The van der Waals surface area contributed by atoms with Crippen molar-refractivity contribution in [2.45, 2.75) is 19.8 Å². The second-order valence-electron chi connectivity index (χ2n) is 3.97. The molecular formula is C14H18N2O3S. The van der Waals surface area contributed by atoms with E-state index in [1.54, 1.807) is 12.1 Å². The maximum atomic E-state index is 11.8. The molecule has 0 saturated heterocycles. The Morgan fingerprint density at radius 2 is 2.15 bits per heavy atom. The second kappa shape index (κ2) is 9.13. The first kappa shape index (κ1) is 16.2. The van der Waals surface area contributed by atoms with Gasteiger partial charge in [-0.2, -0.15) is 0 Å². The summed E-state index contributed by atoms with van der Waals surface area (Å²) in [6.07, 6.45) is 1.28. The zero-order valence-electron chi connectivity index (χ0n) is 11.4. The highest BCUT2D eigenvalue weighted by atomic mass is 32.1. The fraction of sp³-hybridized carbons (Fsp3) is 0.429. The Labute approximate surface area is 122 Å². The first-order chi connectivity index (χ1) is 9.67. The molecule has 0 saturated carbocycles. The van der Waals surface area contributed by atoms with Gasteiger partial charge in [-0.3, -0.25) is 9.59 Å². The number of hydrogen-bond acceptors (Lipinski definition) is 4. The van der Waals surface area contributed by atoms with Crippen LogP contribution in [0.15, 0.2) is 12.1 Å². The third-order valence-corrected chi connectivity index (χ3v) is 3.26. The van der Waals surface area contributed by atoms with E-state index in [1.165, 1.54) is 11.3 Å². The molecule has 0 aromatic carbocycles. The zero-order chi connectivity index (χ0) is 14.8. The number of amides is 2. The average molecular weight is 294 g/mol. The molecule has 6 heteroatoms. The number of carbonyl (C=O) groups is 2. The molecular weight excluding hydrogens is 276 g/mol. The standard InChI is InChI=1S/C14H18N2O3S/c1-2-8-15-13(18)10-16-14(19)12-7-6-11(20-12)5-3-4-9-17/h6-7,17H,2,4,8-10H2,1H3,(H,15,18)(H,16,19). The van der Waals surface area contributed by atoms with Gasteiger partial charge in [0, 0.05) is 13.0 Å². The fourth-order valence-corrected chi connectivity index (χ4v) is 2.10. The minimum atomic E-state index is -0.281. The Bertz CT molecular complexity index is 514. The van der Waals surface area contributed by atoms with Crippen LogP contribution in [-0.4, -0.2) is 36.6 Å². The van der Waals surface area contributed by atoms with Crippen molar-refractivity contribution in [2.75, 3.05) is 19.7 Å². The molecule has 5 nitrogen and oxygen atoms in total. The Kier molecular flexibility index (Phi) is 7.40. The molecule has 0 atom stereocenters. The van der Waals surface area contributed by atoms with E-state index in [0.29, 0.717) is 17.8 Å². The van der Waals surface area contributed by atoms with E-state index in [0.717, 1.165) is 11.3 Å². The molecule has 0 aliphatic rings. The third-order valence-electron chi connectivity index (χ3n) is 2.26. The van der Waals surface area contributed by atoms with Gasteiger partial charge in [0.05, 0.1) is 22.9 Å². The minimum Gasteiger partial charge on any atom is -0.395 e. The number of hydrogen-bond donors (Lipinski definition) is 3. The van der Waals surface area contributed by atoms with Gasteiger partial charge >= 0.3 is 0 Å². The predicted molar refractivity (Wildman–Crippen MR) is 78.5 cm³/mol. The lowest BCUT2D eigenvalue weighted by molar-refractivity contribution is -0.120. The second-order valence-corrected chi connectivity index (χ2v) is 5.06. The van der Waals surface area contributed by atoms with Crippen LogP contribution in [0.1, 0.15) is 34.3 Å². The Morgan fingerprint density at radius 1 is 1.35 bits per heavy atom. The van der Waals surface area contributed by atoms with Crippen molar-refractivity contribution in [3.63, 3.8) is 0 Å². The van der Waals surface area contributed by atoms with Crippen molar-refractivity contribution in [3.8, 4) is 11.8 Å². The van der Waals surface area contributed by atoms with Crippen LogP contribution in [-0.2, 0) is 4.79 Å². The highest BCUT2D eigenvalue weighted by Crippen LogP contribution is 2.15. The van der Waals surface area contributed by atoms with Gasteiger partial charge in [-0.25, -0.2) is 0 Å². The maximum absolute atomic E-state index is 11.8. The molecule has 0 radical (unpaired) electrons. The van der Waals surface area contributed by atoms with E-state index in [-0.39, 0.29) is 25.0 Å². The van der Waals surface area contributed by atoms with Crippen LogP contribution in [0.25, 0.3) is 0 Å². The molecule has 1 aromatic heterocycles. The largest absolute Gasteiger partial charge is 0.395 e. The normalized spacial score (nSPS) is 9.50. The van der Waals surface area contributed by atoms with Crippen molar-refractivity contribution in [1.82, 2.24) is 10.6 Å². The number of thiophene rings is 1. The maximum Gasteiger partial charge on any atom is 0.261 e. The average Bonchev–Trinajstić information content (AvgIpc) is 2.91. The lowest BCUT2D eigenvalue weighted by atomic mass is 10.4. The molecule has 2 amide bonds. The lowest BCUT2D eigenvalue weighted by Crippen LogP contribution is -2.36. The van der Waals surface area contributed by atoms with Crippen molar-refractivity contribution in [2.24, 2.45) is 0 Å². The molecule has 0 fully saturated rings. The van der Waals surface area contributed by atoms with Gasteiger partial charge in [0.25, 0.3) is 5.91 Å². The van der Waals surface area contributed by atoms with E-state index in [2.05, 4.69) is 22.5 Å². The first-order valence-corrected chi connectivity index (χ1v) is 7.23. The molecule has 0 aliphatic carbocycles. The summed E-state index contributed by atoms with van der Waals surface area (Å²) in [7, 11) is 0. The van der Waals surface area contributed by atoms with Crippen molar-refractivity contribution >= 4 is 23.2 Å². The number of aliphatic hydroxyl groups excluding tert-OH is 1. The summed E-state index contributed by atoms with van der Waals surface area (Å²) in [5, 5.41) is 13.9. The summed E-state index contributed by atoms with van der Waals surface area (Å²) in [6, 6.07) is 3.42. The SMILES string of the molecule is CCCNC(=O)CNC(=O)c1ccc(C#CCCO)s1. The molecule has 1 heterocycles. The van der Waals surface area contributed by atoms with Gasteiger partial charge in [-0.05, 0) is 18.6 Å². The molecule has 0 bridgehead atoms. The summed E-state index contributed by atoms with van der Waals surface area (Å²) in [5.41, 5.74) is 0. The lowest BCUT2D eigenvalue weighted by Gasteiger charge is -2.04. The van der Waals surface area contributed by atoms with Crippen molar-refractivity contribution < 1.29 is 14.7 Å². The number of aliphatic hydroxyl groups is 1. The topological polar surface area (TPSA) is 78.4 Å². The van der Waals surface area contributed by atoms with Crippen LogP contribution >= 0.6 is 11.3 Å². The van der Waals surface area contributed by atoms with Gasteiger partial charge < -0.3 is 15.7 Å². The molecule has 108 valence electrons. The van der Waals surface area contributed by atoms with Gasteiger partial charge in [0.1, 0.15) is 0 Å². The molecule has 1 rings (SSSR count). The molecule has 20 heavy (non-hydrogen) atoms. The molecule has 3 N–H and O–H groups in total. The first-order valence-electron chi connectivity index (χ1n) is 6.41. The molecule has 0 aliphatic heterocycles. The van der Waals surface area contributed by atoms with E-state index < -0.39 is 0 Å². The smallest absolute Gasteiger partial charge is 0.261 e. The number of nitrogens with one attached hydrogen (secondary N) is 2. The van der Waals surface area contributed by atoms with Crippen molar-refractivity contribution in [1.29, 1.82) is 0 Å². The number of carbonyl (C=O) groups excluding carboxylic acids is 2. The zero-order valence-corrected chi connectivity index (χ0v) is 12.2. The molecule has 0 spiro atoms. The summed E-state index contributed by atoms with van der Waals surface area (Å²) >= 11 is 1.26. The van der Waals surface area contributed by atoms with E-state index in [1.807, 2.05) is 6.92 Å². The van der Waals surface area contributed by atoms with Crippen LogP contribution in [0.2, 0.25) is 0 Å². The highest BCUT2D eigenvalue weighted by Gasteiger charge is 2.09. The van der Waals surface area contributed by atoms with E-state index >= 15 is 0 Å². The molecule has 0 unspecified atom stereocenters. The van der Waals surface area contributed by atoms with Gasteiger partial charge in [0.2, 0.25) is 5.91 Å². The van der Waals surface area contributed by atoms with Gasteiger partial charge in [0.15, 0.2) is 0 Å². The Hall–Kier alpha value is -1.84. The van der Waals surface area contributed by atoms with Gasteiger partial charge in [-0.15, -0.1) is 11.3 Å². The predicted octanol–water partition coefficient (Wildman–Crippen LogP) is 0.738. The summed E-state index contributed by atoms with van der Waals surface area (Å²) < 4.78 is 0. The quantitative estimate of drug-likeness (QED) is 0.677. The summed E-state index contributed by atoms with van der Waals surface area (Å²) in [6.45, 7) is 2.57. The van der Waals surface area contributed by atoms with E-state index in [4.69, 9.17) is 5.11 Å². The fourth-order valence-electron chi connectivity index (χ4n) is 1.31. The van der Waals surface area contributed by atoms with Crippen molar-refractivity contribution in [3.05, 3.63) is 21.9 Å².